The van der Waals surface area contributed by atoms with E-state index >= 15 is 0 Å². The Bertz CT molecular complexity index is 562. The van der Waals surface area contributed by atoms with Gasteiger partial charge in [-0.1, -0.05) is 0 Å². The molecule has 1 atom stereocenters. The average Bonchev–Trinajstić information content (AvgIpc) is 2.61. The number of hydrogen-bond acceptors (Lipinski definition) is 5. The summed E-state index contributed by atoms with van der Waals surface area (Å²) in [6, 6.07) is 3.92. The molecule has 1 aromatic rings. The van der Waals surface area contributed by atoms with Crippen LogP contribution < -0.4 is 15.5 Å². The molecular weight excluding hydrogens is 296 g/mol. The van der Waals surface area contributed by atoms with Crippen LogP contribution in [0.15, 0.2) is 18.3 Å². The molecule has 124 valence electrons. The van der Waals surface area contributed by atoms with Gasteiger partial charge in [0.25, 0.3) is 0 Å². The van der Waals surface area contributed by atoms with Gasteiger partial charge in [0.15, 0.2) is 0 Å². The highest BCUT2D eigenvalue weighted by Gasteiger charge is 2.24. The Labute approximate surface area is 135 Å². The maximum atomic E-state index is 12.2. The number of amides is 2. The molecule has 0 radical (unpaired) electrons. The Morgan fingerprint density at radius 3 is 3.00 bits per heavy atom. The van der Waals surface area contributed by atoms with Crippen LogP contribution in [0.5, 0.6) is 0 Å². The number of morpholine rings is 1. The lowest BCUT2D eigenvalue weighted by atomic mass is 9.98. The van der Waals surface area contributed by atoms with E-state index < -0.39 is 0 Å². The summed E-state index contributed by atoms with van der Waals surface area (Å²) in [5, 5.41) is 5.69. The molecule has 7 nitrogen and oxygen atoms in total. The van der Waals surface area contributed by atoms with Gasteiger partial charge in [0.2, 0.25) is 11.8 Å². The first-order valence-electron chi connectivity index (χ1n) is 8.04. The number of nitrogens with zero attached hydrogens (tertiary/aromatic N) is 2. The van der Waals surface area contributed by atoms with Crippen molar-refractivity contribution >= 4 is 17.6 Å². The van der Waals surface area contributed by atoms with Crippen LogP contribution >= 0.6 is 0 Å². The maximum Gasteiger partial charge on any atom is 0.225 e. The van der Waals surface area contributed by atoms with Gasteiger partial charge in [0.05, 0.1) is 19.1 Å². The molecule has 1 aromatic heterocycles. The summed E-state index contributed by atoms with van der Waals surface area (Å²) in [4.78, 5) is 29.9. The van der Waals surface area contributed by atoms with Crippen LogP contribution in [-0.2, 0) is 20.9 Å². The summed E-state index contributed by atoms with van der Waals surface area (Å²) in [7, 11) is 0. The number of aromatic nitrogens is 1. The zero-order valence-electron chi connectivity index (χ0n) is 13.1. The molecule has 0 bridgehead atoms. The normalized spacial score (nSPS) is 21.7. The molecular formula is C16H22N4O3. The van der Waals surface area contributed by atoms with E-state index in [1.165, 1.54) is 0 Å². The van der Waals surface area contributed by atoms with Crippen molar-refractivity contribution in [1.29, 1.82) is 0 Å². The summed E-state index contributed by atoms with van der Waals surface area (Å²) < 4.78 is 5.35. The first-order chi connectivity index (χ1) is 11.2. The van der Waals surface area contributed by atoms with Crippen LogP contribution in [0.4, 0.5) is 5.82 Å². The number of carbonyl (C=O) groups excluding carboxylic acids is 2. The number of piperidine rings is 1. The molecule has 2 aliphatic heterocycles. The minimum absolute atomic E-state index is 0.00488. The highest BCUT2D eigenvalue weighted by Crippen LogP contribution is 2.15. The first-order valence-corrected chi connectivity index (χ1v) is 8.04. The molecule has 0 spiro atoms. The van der Waals surface area contributed by atoms with E-state index in [0.29, 0.717) is 25.9 Å². The van der Waals surface area contributed by atoms with E-state index in [4.69, 9.17) is 4.74 Å². The number of anilines is 1. The topological polar surface area (TPSA) is 83.6 Å². The molecule has 0 aliphatic carbocycles. The van der Waals surface area contributed by atoms with Gasteiger partial charge >= 0.3 is 0 Å². The summed E-state index contributed by atoms with van der Waals surface area (Å²) >= 11 is 0. The van der Waals surface area contributed by atoms with Crippen molar-refractivity contribution in [3.05, 3.63) is 23.9 Å². The first kappa shape index (κ1) is 15.7. The second-order valence-corrected chi connectivity index (χ2v) is 5.88. The van der Waals surface area contributed by atoms with E-state index in [-0.39, 0.29) is 17.7 Å². The highest BCUT2D eigenvalue weighted by atomic mass is 16.5. The van der Waals surface area contributed by atoms with Crippen molar-refractivity contribution in [2.75, 3.05) is 37.7 Å². The number of nitrogens with one attached hydrogen (secondary N) is 2. The Balaban J connectivity index is 1.53. The molecule has 3 heterocycles. The van der Waals surface area contributed by atoms with Crippen molar-refractivity contribution in [2.45, 2.75) is 19.4 Å². The highest BCUT2D eigenvalue weighted by molar-refractivity contribution is 5.83. The van der Waals surface area contributed by atoms with Crippen molar-refractivity contribution in [2.24, 2.45) is 5.92 Å². The number of pyridine rings is 1. The van der Waals surface area contributed by atoms with Gasteiger partial charge in [0, 0.05) is 38.8 Å². The number of hydrogen-bond donors (Lipinski definition) is 2. The third kappa shape index (κ3) is 4.19. The van der Waals surface area contributed by atoms with Gasteiger partial charge in [-0.25, -0.2) is 4.98 Å². The largest absolute Gasteiger partial charge is 0.378 e. The van der Waals surface area contributed by atoms with Crippen molar-refractivity contribution < 1.29 is 14.3 Å². The van der Waals surface area contributed by atoms with Gasteiger partial charge in [-0.05, 0) is 24.1 Å². The minimum Gasteiger partial charge on any atom is -0.378 e. The van der Waals surface area contributed by atoms with Crippen LogP contribution in [0.25, 0.3) is 0 Å². The second kappa shape index (κ2) is 7.41. The van der Waals surface area contributed by atoms with Gasteiger partial charge in [-0.2, -0.15) is 0 Å². The third-order valence-corrected chi connectivity index (χ3v) is 4.25. The fraction of sp³-hybridized carbons (Fsp3) is 0.562. The minimum atomic E-state index is -0.131. The monoisotopic (exact) mass is 318 g/mol. The predicted octanol–water partition coefficient (Wildman–Crippen LogP) is 0.0606. The Hall–Kier alpha value is -2.15. The van der Waals surface area contributed by atoms with Crippen LogP contribution in [-0.4, -0.2) is 49.6 Å². The molecule has 23 heavy (non-hydrogen) atoms. The fourth-order valence-electron chi connectivity index (χ4n) is 2.83. The van der Waals surface area contributed by atoms with Crippen molar-refractivity contribution in [3.63, 3.8) is 0 Å². The SMILES string of the molecule is O=C1CC[C@@H](C(=O)NCc2ccnc(N3CCOCC3)c2)CN1. The van der Waals surface area contributed by atoms with Gasteiger partial charge in [-0.15, -0.1) is 0 Å². The average molecular weight is 318 g/mol. The number of ether oxygens (including phenoxy) is 1. The molecule has 2 fully saturated rings. The summed E-state index contributed by atoms with van der Waals surface area (Å²) in [5.74, 6) is 0.811. The lowest BCUT2D eigenvalue weighted by molar-refractivity contribution is -0.129. The standard InChI is InChI=1S/C16H22N4O3/c21-15-2-1-13(11-18-15)16(22)19-10-12-3-4-17-14(9-12)20-5-7-23-8-6-20/h3-4,9,13H,1-2,5-8,10-11H2,(H,18,21)(H,19,22)/t13-/m1/s1. The van der Waals surface area contributed by atoms with E-state index in [1.807, 2.05) is 12.1 Å². The van der Waals surface area contributed by atoms with E-state index in [9.17, 15) is 9.59 Å². The summed E-state index contributed by atoms with van der Waals surface area (Å²) in [6.07, 6.45) is 2.81. The Morgan fingerprint density at radius 1 is 1.43 bits per heavy atom. The van der Waals surface area contributed by atoms with Crippen LogP contribution in [0.1, 0.15) is 18.4 Å². The molecule has 2 amide bonds. The zero-order chi connectivity index (χ0) is 16.1. The van der Waals surface area contributed by atoms with Crippen molar-refractivity contribution in [3.8, 4) is 0 Å². The smallest absolute Gasteiger partial charge is 0.225 e. The van der Waals surface area contributed by atoms with Gasteiger partial charge in [0.1, 0.15) is 5.82 Å². The molecule has 2 N–H and O–H groups in total. The maximum absolute atomic E-state index is 12.2. The van der Waals surface area contributed by atoms with E-state index in [2.05, 4.69) is 20.5 Å². The van der Waals surface area contributed by atoms with Gasteiger partial charge in [-0.3, -0.25) is 9.59 Å². The molecule has 0 aromatic carbocycles. The van der Waals surface area contributed by atoms with Crippen LogP contribution in [0, 0.1) is 5.92 Å². The molecule has 7 heteroatoms. The lowest BCUT2D eigenvalue weighted by Gasteiger charge is -2.28. The summed E-state index contributed by atoms with van der Waals surface area (Å²) in [6.45, 7) is 4.02. The summed E-state index contributed by atoms with van der Waals surface area (Å²) in [5.41, 5.74) is 1.02. The predicted molar refractivity (Wildman–Crippen MR) is 84.8 cm³/mol. The molecule has 0 unspecified atom stereocenters. The number of carbonyl (C=O) groups is 2. The zero-order valence-corrected chi connectivity index (χ0v) is 13.1. The van der Waals surface area contributed by atoms with Crippen LogP contribution in [0.2, 0.25) is 0 Å². The molecule has 0 saturated carbocycles. The Morgan fingerprint density at radius 2 is 2.26 bits per heavy atom. The molecule has 3 rings (SSSR count). The number of rotatable bonds is 4. The third-order valence-electron chi connectivity index (χ3n) is 4.25. The molecule has 2 aliphatic rings. The lowest BCUT2D eigenvalue weighted by Crippen LogP contribution is -2.42. The fourth-order valence-corrected chi connectivity index (χ4v) is 2.83. The van der Waals surface area contributed by atoms with Crippen molar-refractivity contribution in [1.82, 2.24) is 15.6 Å². The van der Waals surface area contributed by atoms with E-state index in [0.717, 1.165) is 37.7 Å². The van der Waals surface area contributed by atoms with Crippen LogP contribution in [0.3, 0.4) is 0 Å². The second-order valence-electron chi connectivity index (χ2n) is 5.88. The quantitative estimate of drug-likeness (QED) is 0.820. The van der Waals surface area contributed by atoms with E-state index in [1.54, 1.807) is 6.20 Å². The Kier molecular flexibility index (Phi) is 5.07. The van der Waals surface area contributed by atoms with Gasteiger partial charge < -0.3 is 20.3 Å². The molecule has 2 saturated heterocycles.